The van der Waals surface area contributed by atoms with E-state index in [0.717, 1.165) is 12.8 Å². The smallest absolute Gasteiger partial charge is 0.0713 e. The highest BCUT2D eigenvalue weighted by molar-refractivity contribution is 6.22. The van der Waals surface area contributed by atoms with E-state index in [1.165, 1.54) is 49.2 Å². The summed E-state index contributed by atoms with van der Waals surface area (Å²) in [4.78, 5) is 7.27. The number of H-pyrrole nitrogens is 2. The lowest BCUT2D eigenvalue weighted by molar-refractivity contribution is 0.931. The number of aromatic amines is 2. The number of aryl methyl sites for hydroxylation is 1. The third kappa shape index (κ3) is 1.69. The van der Waals surface area contributed by atoms with Crippen LogP contribution in [-0.4, -0.2) is 9.97 Å². The first-order valence-electron chi connectivity index (χ1n) is 8.29. The van der Waals surface area contributed by atoms with Crippen LogP contribution in [0.15, 0.2) is 54.6 Å². The number of hydrogen-bond acceptors (Lipinski definition) is 0. The third-order valence-corrected chi connectivity index (χ3v) is 4.86. The Bertz CT molecular complexity index is 1170. The number of benzene rings is 3. The molecule has 2 nitrogen and oxygen atoms in total. The van der Waals surface area contributed by atoms with Gasteiger partial charge in [-0.15, -0.1) is 0 Å². The fourth-order valence-electron chi connectivity index (χ4n) is 3.89. The fourth-order valence-corrected chi connectivity index (χ4v) is 3.89. The van der Waals surface area contributed by atoms with Crippen LogP contribution in [0, 0.1) is 0 Å². The van der Waals surface area contributed by atoms with Gasteiger partial charge in [-0.3, -0.25) is 0 Å². The molecule has 23 heavy (non-hydrogen) atoms. The number of rotatable bonds is 2. The average molecular weight is 298 g/mol. The number of hydrogen-bond donors (Lipinski definition) is 2. The van der Waals surface area contributed by atoms with Crippen LogP contribution in [-0.2, 0) is 6.42 Å². The summed E-state index contributed by atoms with van der Waals surface area (Å²) in [6.07, 6.45) is 2.26. The van der Waals surface area contributed by atoms with Crippen LogP contribution in [0.5, 0.6) is 0 Å². The Balaban J connectivity index is 2.07. The second-order valence-corrected chi connectivity index (χ2v) is 6.30. The lowest BCUT2D eigenvalue weighted by Gasteiger charge is -2.04. The molecule has 0 amide bonds. The molecule has 0 atom stereocenters. The molecule has 2 heterocycles. The first-order chi connectivity index (χ1) is 11.4. The van der Waals surface area contributed by atoms with Crippen molar-refractivity contribution in [1.29, 1.82) is 0 Å². The first-order valence-corrected chi connectivity index (χ1v) is 8.29. The summed E-state index contributed by atoms with van der Waals surface area (Å²) >= 11 is 0. The van der Waals surface area contributed by atoms with Crippen molar-refractivity contribution in [2.45, 2.75) is 19.8 Å². The molecule has 0 aliphatic carbocycles. The minimum Gasteiger partial charge on any atom is -0.353 e. The average Bonchev–Trinajstić information content (AvgIpc) is 3.14. The molecular formula is C21H18N2. The van der Waals surface area contributed by atoms with Gasteiger partial charge in [0.1, 0.15) is 0 Å². The van der Waals surface area contributed by atoms with Crippen molar-refractivity contribution < 1.29 is 0 Å². The predicted octanol–water partition coefficient (Wildman–Crippen LogP) is 5.91. The second kappa shape index (κ2) is 4.63. The monoisotopic (exact) mass is 298 g/mol. The van der Waals surface area contributed by atoms with E-state index in [9.17, 15) is 0 Å². The van der Waals surface area contributed by atoms with Crippen molar-refractivity contribution in [3.8, 4) is 0 Å². The zero-order chi connectivity index (χ0) is 15.4. The van der Waals surface area contributed by atoms with E-state index in [4.69, 9.17) is 0 Å². The Labute approximate surface area is 134 Å². The Morgan fingerprint density at radius 3 is 2.17 bits per heavy atom. The van der Waals surface area contributed by atoms with Gasteiger partial charge < -0.3 is 9.97 Å². The van der Waals surface area contributed by atoms with Gasteiger partial charge in [0.15, 0.2) is 0 Å². The number of para-hydroxylation sites is 2. The minimum atomic E-state index is 1.10. The van der Waals surface area contributed by atoms with E-state index in [1.54, 1.807) is 0 Å². The van der Waals surface area contributed by atoms with E-state index >= 15 is 0 Å². The van der Waals surface area contributed by atoms with Gasteiger partial charge in [0, 0.05) is 32.6 Å². The molecule has 0 saturated heterocycles. The molecule has 0 spiro atoms. The topological polar surface area (TPSA) is 31.6 Å². The summed E-state index contributed by atoms with van der Waals surface area (Å²) in [5.41, 5.74) is 6.32. The van der Waals surface area contributed by atoms with E-state index in [2.05, 4.69) is 71.5 Å². The molecular weight excluding hydrogens is 280 g/mol. The van der Waals surface area contributed by atoms with Gasteiger partial charge in [0.05, 0.1) is 11.0 Å². The van der Waals surface area contributed by atoms with Crippen molar-refractivity contribution >= 4 is 43.6 Å². The molecule has 5 aromatic rings. The quantitative estimate of drug-likeness (QED) is 0.406. The van der Waals surface area contributed by atoms with E-state index in [1.807, 2.05) is 0 Å². The summed E-state index contributed by atoms with van der Waals surface area (Å²) in [5.74, 6) is 0. The highest BCUT2D eigenvalue weighted by atomic mass is 14.8. The SMILES string of the molecule is CCCc1cc2c3ccccc3[nH]c2c2[nH]c3ccccc3c12. The van der Waals surface area contributed by atoms with Crippen LogP contribution in [0.3, 0.4) is 0 Å². The van der Waals surface area contributed by atoms with Gasteiger partial charge in [-0.25, -0.2) is 0 Å². The minimum absolute atomic E-state index is 1.10. The molecule has 0 aliphatic heterocycles. The second-order valence-electron chi connectivity index (χ2n) is 6.30. The van der Waals surface area contributed by atoms with Crippen molar-refractivity contribution in [1.82, 2.24) is 9.97 Å². The fraction of sp³-hybridized carbons (Fsp3) is 0.143. The maximum absolute atomic E-state index is 3.65. The Morgan fingerprint density at radius 1 is 0.739 bits per heavy atom. The molecule has 0 fully saturated rings. The molecule has 0 aliphatic rings. The van der Waals surface area contributed by atoms with Crippen molar-refractivity contribution in [3.05, 3.63) is 60.2 Å². The molecule has 3 aromatic carbocycles. The maximum Gasteiger partial charge on any atom is 0.0713 e. The van der Waals surface area contributed by atoms with Crippen LogP contribution in [0.4, 0.5) is 0 Å². The van der Waals surface area contributed by atoms with Gasteiger partial charge in [0.25, 0.3) is 0 Å². The Kier molecular flexibility index (Phi) is 2.57. The molecule has 2 heteroatoms. The summed E-state index contributed by atoms with van der Waals surface area (Å²) in [6.45, 7) is 2.25. The molecule has 2 N–H and O–H groups in total. The van der Waals surface area contributed by atoms with Gasteiger partial charge in [-0.1, -0.05) is 49.7 Å². The Hall–Kier alpha value is -2.74. The van der Waals surface area contributed by atoms with Crippen LogP contribution in [0.1, 0.15) is 18.9 Å². The predicted molar refractivity (Wildman–Crippen MR) is 99.2 cm³/mol. The highest BCUT2D eigenvalue weighted by Crippen LogP contribution is 2.37. The van der Waals surface area contributed by atoms with Crippen molar-refractivity contribution in [2.24, 2.45) is 0 Å². The zero-order valence-corrected chi connectivity index (χ0v) is 13.1. The normalized spacial score (nSPS) is 12.0. The van der Waals surface area contributed by atoms with Gasteiger partial charge in [0.2, 0.25) is 0 Å². The third-order valence-electron chi connectivity index (χ3n) is 4.86. The zero-order valence-electron chi connectivity index (χ0n) is 13.1. The number of fused-ring (bicyclic) bond motifs is 7. The summed E-state index contributed by atoms with van der Waals surface area (Å²) in [6, 6.07) is 19.6. The maximum atomic E-state index is 3.65. The lowest BCUT2D eigenvalue weighted by Crippen LogP contribution is -1.86. The molecule has 5 rings (SSSR count). The van der Waals surface area contributed by atoms with Crippen LogP contribution in [0.2, 0.25) is 0 Å². The molecule has 2 aromatic heterocycles. The van der Waals surface area contributed by atoms with Crippen LogP contribution < -0.4 is 0 Å². The Morgan fingerprint density at radius 2 is 1.39 bits per heavy atom. The highest BCUT2D eigenvalue weighted by Gasteiger charge is 2.15. The largest absolute Gasteiger partial charge is 0.353 e. The van der Waals surface area contributed by atoms with Gasteiger partial charge in [-0.05, 0) is 30.2 Å². The summed E-state index contributed by atoms with van der Waals surface area (Å²) in [7, 11) is 0. The first kappa shape index (κ1) is 12.8. The number of nitrogens with one attached hydrogen (secondary N) is 2. The summed E-state index contributed by atoms with van der Waals surface area (Å²) in [5, 5.41) is 5.33. The molecule has 0 bridgehead atoms. The van der Waals surface area contributed by atoms with Gasteiger partial charge >= 0.3 is 0 Å². The van der Waals surface area contributed by atoms with Crippen LogP contribution in [0.25, 0.3) is 43.6 Å². The lowest BCUT2D eigenvalue weighted by atomic mass is 9.99. The van der Waals surface area contributed by atoms with E-state index < -0.39 is 0 Å². The molecule has 0 radical (unpaired) electrons. The van der Waals surface area contributed by atoms with Crippen LogP contribution >= 0.6 is 0 Å². The number of aromatic nitrogens is 2. The molecule has 0 unspecified atom stereocenters. The van der Waals surface area contributed by atoms with Gasteiger partial charge in [-0.2, -0.15) is 0 Å². The van der Waals surface area contributed by atoms with Crippen molar-refractivity contribution in [3.63, 3.8) is 0 Å². The summed E-state index contributed by atoms with van der Waals surface area (Å²) < 4.78 is 0. The van der Waals surface area contributed by atoms with Crippen molar-refractivity contribution in [2.75, 3.05) is 0 Å². The molecule has 112 valence electrons. The molecule has 0 saturated carbocycles. The standard InChI is InChI=1S/C21H18N2/c1-2-7-13-12-16-14-8-3-5-10-17(14)22-20(16)21-19(13)15-9-4-6-11-18(15)23-21/h3-6,8-12,22-23H,2,7H2,1H3. The van der Waals surface area contributed by atoms with E-state index in [0.29, 0.717) is 0 Å². The van der Waals surface area contributed by atoms with E-state index in [-0.39, 0.29) is 0 Å².